The number of anilines is 3. The van der Waals surface area contributed by atoms with Gasteiger partial charge in [-0.2, -0.15) is 0 Å². The summed E-state index contributed by atoms with van der Waals surface area (Å²) in [7, 11) is 0. The monoisotopic (exact) mass is 629 g/mol. The first kappa shape index (κ1) is 28.3. The molecule has 1 aromatic heterocycles. The van der Waals surface area contributed by atoms with Crippen LogP contribution in [0.2, 0.25) is 0 Å². The van der Waals surface area contributed by atoms with E-state index in [9.17, 15) is 0 Å². The van der Waals surface area contributed by atoms with Crippen molar-refractivity contribution < 1.29 is 0 Å². The van der Waals surface area contributed by atoms with Crippen LogP contribution in [-0.2, 0) is 0 Å². The minimum absolute atomic E-state index is 1.12. The van der Waals surface area contributed by atoms with Gasteiger partial charge in [-0.15, -0.1) is 11.3 Å². The molecule has 0 amide bonds. The highest BCUT2D eigenvalue weighted by molar-refractivity contribution is 7.25. The number of hydrogen-bond donors (Lipinski definition) is 0. The van der Waals surface area contributed by atoms with Gasteiger partial charge in [0, 0.05) is 37.2 Å². The number of fused-ring (bicyclic) bond motifs is 4. The van der Waals surface area contributed by atoms with Gasteiger partial charge in [-0.3, -0.25) is 0 Å². The second kappa shape index (κ2) is 12.0. The Morgan fingerprint density at radius 3 is 1.69 bits per heavy atom. The minimum Gasteiger partial charge on any atom is -0.311 e. The van der Waals surface area contributed by atoms with Gasteiger partial charge in [0.1, 0.15) is 0 Å². The van der Waals surface area contributed by atoms with E-state index in [1.807, 2.05) is 11.3 Å². The van der Waals surface area contributed by atoms with E-state index in [0.29, 0.717) is 0 Å². The van der Waals surface area contributed by atoms with Gasteiger partial charge in [-0.1, -0.05) is 127 Å². The Bertz CT molecular complexity index is 2540. The van der Waals surface area contributed by atoms with Crippen molar-refractivity contribution in [1.29, 1.82) is 0 Å². The highest BCUT2D eigenvalue weighted by atomic mass is 32.1. The topological polar surface area (TPSA) is 3.24 Å². The third kappa shape index (κ3) is 5.13. The van der Waals surface area contributed by atoms with Crippen LogP contribution in [0.1, 0.15) is 0 Å². The molecule has 8 aromatic carbocycles. The normalized spacial score (nSPS) is 11.3. The standard InChI is InChI=1S/C46H31NS/c1-2-14-39(15-3-1)47(41-28-24-34(25-29-41)42-17-9-19-45-46(42)43-16-6-7-18-44(43)48-45)40-26-22-33(23-27-40)36-12-8-13-37(30-36)38-21-20-32-10-4-5-11-35(32)31-38/h1-31H. The maximum absolute atomic E-state index is 2.33. The van der Waals surface area contributed by atoms with Crippen LogP contribution in [0.25, 0.3) is 64.3 Å². The van der Waals surface area contributed by atoms with Crippen LogP contribution in [0.5, 0.6) is 0 Å². The first-order valence-electron chi connectivity index (χ1n) is 16.3. The Balaban J connectivity index is 1.06. The molecule has 0 aliphatic carbocycles. The van der Waals surface area contributed by atoms with E-state index in [1.165, 1.54) is 64.3 Å². The molecule has 226 valence electrons. The summed E-state index contributed by atoms with van der Waals surface area (Å²) >= 11 is 1.86. The fourth-order valence-electron chi connectivity index (χ4n) is 6.88. The van der Waals surface area contributed by atoms with Gasteiger partial charge in [0.05, 0.1) is 0 Å². The number of rotatable bonds is 6. The van der Waals surface area contributed by atoms with E-state index in [0.717, 1.165) is 17.1 Å². The molecule has 0 unspecified atom stereocenters. The zero-order valence-electron chi connectivity index (χ0n) is 26.3. The van der Waals surface area contributed by atoms with Crippen molar-refractivity contribution in [3.05, 3.63) is 188 Å². The molecule has 48 heavy (non-hydrogen) atoms. The van der Waals surface area contributed by atoms with Gasteiger partial charge in [-0.25, -0.2) is 0 Å². The number of benzene rings is 8. The zero-order valence-corrected chi connectivity index (χ0v) is 27.1. The largest absolute Gasteiger partial charge is 0.311 e. The van der Waals surface area contributed by atoms with E-state index in [2.05, 4.69) is 193 Å². The molecule has 0 N–H and O–H groups in total. The molecule has 0 radical (unpaired) electrons. The lowest BCUT2D eigenvalue weighted by Crippen LogP contribution is -2.09. The number of nitrogens with zero attached hydrogens (tertiary/aromatic N) is 1. The molecule has 0 spiro atoms. The van der Waals surface area contributed by atoms with Gasteiger partial charge < -0.3 is 4.90 Å². The van der Waals surface area contributed by atoms with Crippen LogP contribution in [0.4, 0.5) is 17.1 Å². The van der Waals surface area contributed by atoms with Gasteiger partial charge in [0.25, 0.3) is 0 Å². The van der Waals surface area contributed by atoms with Gasteiger partial charge in [-0.05, 0) is 105 Å². The summed E-state index contributed by atoms with van der Waals surface area (Å²) in [5.41, 5.74) is 10.7. The molecule has 1 nitrogen and oxygen atoms in total. The van der Waals surface area contributed by atoms with Crippen LogP contribution < -0.4 is 4.90 Å². The lowest BCUT2D eigenvalue weighted by Gasteiger charge is -2.26. The average molecular weight is 630 g/mol. The van der Waals surface area contributed by atoms with Crippen LogP contribution in [0, 0.1) is 0 Å². The molecular weight excluding hydrogens is 599 g/mol. The molecular formula is C46H31NS. The average Bonchev–Trinajstić information content (AvgIpc) is 3.55. The third-order valence-corrected chi connectivity index (χ3v) is 10.4. The molecule has 9 aromatic rings. The molecule has 1 heterocycles. The summed E-state index contributed by atoms with van der Waals surface area (Å²) in [4.78, 5) is 2.33. The molecule has 0 aliphatic rings. The van der Waals surface area contributed by atoms with Crippen molar-refractivity contribution in [2.24, 2.45) is 0 Å². The summed E-state index contributed by atoms with van der Waals surface area (Å²) in [6.07, 6.45) is 0. The molecule has 0 bridgehead atoms. The van der Waals surface area contributed by atoms with Crippen molar-refractivity contribution in [3.8, 4) is 33.4 Å². The van der Waals surface area contributed by atoms with Gasteiger partial charge in [0.15, 0.2) is 0 Å². The van der Waals surface area contributed by atoms with Crippen LogP contribution in [0.15, 0.2) is 188 Å². The predicted molar refractivity (Wildman–Crippen MR) is 208 cm³/mol. The molecule has 0 saturated heterocycles. The summed E-state index contributed by atoms with van der Waals surface area (Å²) in [6, 6.07) is 68.1. The third-order valence-electron chi connectivity index (χ3n) is 9.26. The fourth-order valence-corrected chi connectivity index (χ4v) is 8.01. The lowest BCUT2D eigenvalue weighted by atomic mass is 9.97. The van der Waals surface area contributed by atoms with E-state index in [-0.39, 0.29) is 0 Å². The predicted octanol–water partition coefficient (Wildman–Crippen LogP) is 13.7. The maximum atomic E-state index is 2.33. The van der Waals surface area contributed by atoms with E-state index in [4.69, 9.17) is 0 Å². The van der Waals surface area contributed by atoms with Crippen molar-refractivity contribution in [1.82, 2.24) is 0 Å². The van der Waals surface area contributed by atoms with Gasteiger partial charge >= 0.3 is 0 Å². The van der Waals surface area contributed by atoms with Crippen molar-refractivity contribution >= 4 is 59.3 Å². The Morgan fingerprint density at radius 1 is 0.333 bits per heavy atom. The molecule has 0 fully saturated rings. The van der Waals surface area contributed by atoms with E-state index in [1.54, 1.807) is 0 Å². The summed E-state index contributed by atoms with van der Waals surface area (Å²) in [5, 5.41) is 5.19. The Morgan fingerprint density at radius 2 is 0.896 bits per heavy atom. The van der Waals surface area contributed by atoms with E-state index < -0.39 is 0 Å². The molecule has 0 atom stereocenters. The lowest BCUT2D eigenvalue weighted by molar-refractivity contribution is 1.28. The molecule has 0 aliphatic heterocycles. The van der Waals surface area contributed by atoms with Crippen molar-refractivity contribution in [2.75, 3.05) is 4.90 Å². The first-order chi connectivity index (χ1) is 23.8. The smallest absolute Gasteiger partial charge is 0.0462 e. The number of thiophene rings is 1. The molecule has 9 rings (SSSR count). The van der Waals surface area contributed by atoms with E-state index >= 15 is 0 Å². The Hall–Kier alpha value is -5.96. The highest BCUT2D eigenvalue weighted by Gasteiger charge is 2.15. The van der Waals surface area contributed by atoms with Gasteiger partial charge in [0.2, 0.25) is 0 Å². The van der Waals surface area contributed by atoms with Crippen molar-refractivity contribution in [3.63, 3.8) is 0 Å². The molecule has 0 saturated carbocycles. The Kier molecular flexibility index (Phi) is 7.07. The zero-order chi connectivity index (χ0) is 31.9. The Labute approximate surface area is 284 Å². The number of para-hydroxylation sites is 1. The molecule has 2 heteroatoms. The second-order valence-corrected chi connectivity index (χ2v) is 13.3. The fraction of sp³-hybridized carbons (Fsp3) is 0. The summed E-state index contributed by atoms with van der Waals surface area (Å²) in [6.45, 7) is 0. The summed E-state index contributed by atoms with van der Waals surface area (Å²) in [5.74, 6) is 0. The minimum atomic E-state index is 1.12. The second-order valence-electron chi connectivity index (χ2n) is 12.2. The van der Waals surface area contributed by atoms with Crippen LogP contribution in [-0.4, -0.2) is 0 Å². The summed E-state index contributed by atoms with van der Waals surface area (Å²) < 4.78 is 2.65. The number of hydrogen-bond acceptors (Lipinski definition) is 2. The van der Waals surface area contributed by atoms with Crippen LogP contribution >= 0.6 is 11.3 Å². The van der Waals surface area contributed by atoms with Crippen molar-refractivity contribution in [2.45, 2.75) is 0 Å². The first-order valence-corrected chi connectivity index (χ1v) is 17.2. The van der Waals surface area contributed by atoms with Crippen LogP contribution in [0.3, 0.4) is 0 Å². The maximum Gasteiger partial charge on any atom is 0.0462 e. The highest BCUT2D eigenvalue weighted by Crippen LogP contribution is 2.41. The SMILES string of the molecule is c1ccc(N(c2ccc(-c3cccc(-c4ccc5ccccc5c4)c3)cc2)c2ccc(-c3cccc4sc5ccccc5c34)cc2)cc1. The quantitative estimate of drug-likeness (QED) is 0.177.